The zero-order valence-electron chi connectivity index (χ0n) is 19.6. The fourth-order valence-corrected chi connectivity index (χ4v) is 6.08. The van der Waals surface area contributed by atoms with E-state index in [9.17, 15) is 8.78 Å². The molecule has 170 valence electrons. The third-order valence-electron chi connectivity index (χ3n) is 8.66. The summed E-state index contributed by atoms with van der Waals surface area (Å²) >= 11 is 0. The predicted octanol–water partition coefficient (Wildman–Crippen LogP) is 9.29. The predicted molar refractivity (Wildman–Crippen MR) is 124 cm³/mol. The molecule has 3 rings (SSSR count). The Morgan fingerprint density at radius 3 is 1.97 bits per heavy atom. The maximum atomic E-state index is 13.6. The van der Waals surface area contributed by atoms with Crippen molar-refractivity contribution in [1.82, 2.24) is 0 Å². The summed E-state index contributed by atoms with van der Waals surface area (Å²) in [4.78, 5) is 0. The van der Waals surface area contributed by atoms with Crippen LogP contribution in [-0.4, -0.2) is 0 Å². The van der Waals surface area contributed by atoms with Crippen LogP contribution in [0.2, 0.25) is 0 Å². The second-order valence-electron chi connectivity index (χ2n) is 10.8. The van der Waals surface area contributed by atoms with Gasteiger partial charge in [0, 0.05) is 0 Å². The highest BCUT2D eigenvalue weighted by Gasteiger charge is 2.31. The van der Waals surface area contributed by atoms with Gasteiger partial charge in [-0.05, 0) is 91.7 Å². The van der Waals surface area contributed by atoms with E-state index < -0.39 is 11.6 Å². The molecule has 2 fully saturated rings. The number of hydrogen-bond acceptors (Lipinski definition) is 0. The molecule has 0 amide bonds. The van der Waals surface area contributed by atoms with Crippen molar-refractivity contribution in [2.45, 2.75) is 110 Å². The highest BCUT2D eigenvalue weighted by Crippen LogP contribution is 2.44. The molecule has 1 aromatic carbocycles. The van der Waals surface area contributed by atoms with Gasteiger partial charge in [-0.1, -0.05) is 71.8 Å². The Labute approximate surface area is 184 Å². The van der Waals surface area contributed by atoms with Gasteiger partial charge >= 0.3 is 0 Å². The average Bonchev–Trinajstić information content (AvgIpc) is 2.78. The molecule has 0 heterocycles. The molecule has 2 atom stereocenters. The van der Waals surface area contributed by atoms with Crippen LogP contribution in [0, 0.1) is 41.2 Å². The Balaban J connectivity index is 1.34. The number of rotatable bonds is 9. The lowest BCUT2D eigenvalue weighted by atomic mass is 9.68. The fourth-order valence-electron chi connectivity index (χ4n) is 6.08. The third kappa shape index (κ3) is 6.79. The summed E-state index contributed by atoms with van der Waals surface area (Å²) in [7, 11) is 0. The summed E-state index contributed by atoms with van der Waals surface area (Å²) in [6.45, 7) is 7.15. The van der Waals surface area contributed by atoms with Gasteiger partial charge in [0.25, 0.3) is 0 Å². The van der Waals surface area contributed by atoms with Crippen molar-refractivity contribution in [2.24, 2.45) is 29.6 Å². The molecular formula is C28H44F2. The Morgan fingerprint density at radius 2 is 1.37 bits per heavy atom. The SMILES string of the molecule is CCC(C)CCC(C)CCC1CCC(C2CCC(c3ccc(F)c(F)c3)CC2)CC1. The van der Waals surface area contributed by atoms with E-state index in [1.807, 2.05) is 0 Å². The molecule has 0 aliphatic heterocycles. The van der Waals surface area contributed by atoms with Crippen LogP contribution >= 0.6 is 0 Å². The molecule has 2 heteroatoms. The van der Waals surface area contributed by atoms with Crippen molar-refractivity contribution in [3.63, 3.8) is 0 Å². The quantitative estimate of drug-likeness (QED) is 0.375. The molecule has 0 nitrogen and oxygen atoms in total. The van der Waals surface area contributed by atoms with Crippen LogP contribution in [0.25, 0.3) is 0 Å². The van der Waals surface area contributed by atoms with Crippen molar-refractivity contribution < 1.29 is 8.78 Å². The summed E-state index contributed by atoms with van der Waals surface area (Å²) in [6.07, 6.45) is 17.5. The van der Waals surface area contributed by atoms with E-state index in [4.69, 9.17) is 0 Å². The van der Waals surface area contributed by atoms with Crippen LogP contribution in [0.15, 0.2) is 18.2 Å². The van der Waals surface area contributed by atoms with Gasteiger partial charge in [0.15, 0.2) is 11.6 Å². The summed E-state index contributed by atoms with van der Waals surface area (Å²) < 4.78 is 26.8. The molecule has 2 saturated carbocycles. The Hall–Kier alpha value is -0.920. The lowest BCUT2D eigenvalue weighted by molar-refractivity contribution is 0.153. The minimum absolute atomic E-state index is 0.421. The molecule has 0 saturated heterocycles. The molecule has 2 aliphatic rings. The standard InChI is InChI=1S/C28H44F2/c1-4-20(2)5-6-21(3)7-8-22-9-11-23(12-10-22)24-13-15-25(16-14-24)26-17-18-27(29)28(30)19-26/h17-25H,4-16H2,1-3H3. The van der Waals surface area contributed by atoms with Crippen molar-refractivity contribution in [3.05, 3.63) is 35.4 Å². The van der Waals surface area contributed by atoms with Gasteiger partial charge in [0.1, 0.15) is 0 Å². The summed E-state index contributed by atoms with van der Waals surface area (Å²) in [6, 6.07) is 4.51. The molecular weight excluding hydrogens is 374 g/mol. The Bertz CT molecular complexity index is 624. The second kappa shape index (κ2) is 11.6. The molecule has 1 aromatic rings. The number of halogens is 2. The largest absolute Gasteiger partial charge is 0.204 e. The van der Waals surface area contributed by atoms with E-state index in [1.165, 1.54) is 82.8 Å². The maximum absolute atomic E-state index is 13.6. The molecule has 2 aliphatic carbocycles. The van der Waals surface area contributed by atoms with Crippen LogP contribution < -0.4 is 0 Å². The van der Waals surface area contributed by atoms with Crippen molar-refractivity contribution in [2.75, 3.05) is 0 Å². The Kier molecular flexibility index (Phi) is 9.20. The molecule has 2 unspecified atom stereocenters. The zero-order valence-corrected chi connectivity index (χ0v) is 19.6. The van der Waals surface area contributed by atoms with Crippen LogP contribution in [0.4, 0.5) is 8.78 Å². The smallest absolute Gasteiger partial charge is 0.159 e. The van der Waals surface area contributed by atoms with Crippen LogP contribution in [-0.2, 0) is 0 Å². The first-order chi connectivity index (χ1) is 14.5. The molecule has 0 aromatic heterocycles. The molecule has 0 bridgehead atoms. The summed E-state index contributed by atoms with van der Waals surface area (Å²) in [5, 5.41) is 0. The maximum Gasteiger partial charge on any atom is 0.159 e. The van der Waals surface area contributed by atoms with E-state index in [0.29, 0.717) is 5.92 Å². The first kappa shape index (κ1) is 23.7. The molecule has 0 spiro atoms. The molecule has 0 radical (unpaired) electrons. The highest BCUT2D eigenvalue weighted by molar-refractivity contribution is 5.22. The lowest BCUT2D eigenvalue weighted by Crippen LogP contribution is -2.25. The molecule has 0 N–H and O–H groups in total. The van der Waals surface area contributed by atoms with E-state index in [2.05, 4.69) is 20.8 Å². The van der Waals surface area contributed by atoms with Crippen LogP contribution in [0.5, 0.6) is 0 Å². The zero-order chi connectivity index (χ0) is 21.5. The Morgan fingerprint density at radius 1 is 0.767 bits per heavy atom. The van der Waals surface area contributed by atoms with Gasteiger partial charge < -0.3 is 0 Å². The van der Waals surface area contributed by atoms with Crippen LogP contribution in [0.1, 0.15) is 116 Å². The first-order valence-electron chi connectivity index (χ1n) is 12.9. The van der Waals surface area contributed by atoms with Gasteiger partial charge in [0.05, 0.1) is 0 Å². The van der Waals surface area contributed by atoms with E-state index in [-0.39, 0.29) is 0 Å². The summed E-state index contributed by atoms with van der Waals surface area (Å²) in [5.74, 6) is 3.52. The monoisotopic (exact) mass is 418 g/mol. The van der Waals surface area contributed by atoms with E-state index >= 15 is 0 Å². The normalized spacial score (nSPS) is 29.5. The number of benzene rings is 1. The second-order valence-corrected chi connectivity index (χ2v) is 10.8. The number of hydrogen-bond donors (Lipinski definition) is 0. The lowest BCUT2D eigenvalue weighted by Gasteiger charge is -2.38. The molecule has 30 heavy (non-hydrogen) atoms. The minimum Gasteiger partial charge on any atom is -0.204 e. The summed E-state index contributed by atoms with van der Waals surface area (Å²) in [5.41, 5.74) is 0.999. The van der Waals surface area contributed by atoms with Gasteiger partial charge in [-0.3, -0.25) is 0 Å². The topological polar surface area (TPSA) is 0 Å². The van der Waals surface area contributed by atoms with Gasteiger partial charge in [0.2, 0.25) is 0 Å². The van der Waals surface area contributed by atoms with Gasteiger partial charge in [-0.15, -0.1) is 0 Å². The van der Waals surface area contributed by atoms with Crippen molar-refractivity contribution >= 4 is 0 Å². The van der Waals surface area contributed by atoms with Gasteiger partial charge in [-0.25, -0.2) is 8.78 Å². The van der Waals surface area contributed by atoms with Crippen LogP contribution in [0.3, 0.4) is 0 Å². The van der Waals surface area contributed by atoms with E-state index in [0.717, 1.165) is 48.0 Å². The van der Waals surface area contributed by atoms with Crippen molar-refractivity contribution in [1.29, 1.82) is 0 Å². The minimum atomic E-state index is -0.728. The third-order valence-corrected chi connectivity index (χ3v) is 8.66. The highest BCUT2D eigenvalue weighted by atomic mass is 19.2. The van der Waals surface area contributed by atoms with Gasteiger partial charge in [-0.2, -0.15) is 0 Å². The van der Waals surface area contributed by atoms with Crippen molar-refractivity contribution in [3.8, 4) is 0 Å². The average molecular weight is 419 g/mol. The van der Waals surface area contributed by atoms with E-state index in [1.54, 1.807) is 6.07 Å². The first-order valence-corrected chi connectivity index (χ1v) is 12.9. The fraction of sp³-hybridized carbons (Fsp3) is 0.786.